The van der Waals surface area contributed by atoms with Crippen molar-refractivity contribution in [3.63, 3.8) is 0 Å². The Morgan fingerprint density at radius 2 is 2.22 bits per heavy atom. The van der Waals surface area contributed by atoms with Gasteiger partial charge in [0.25, 0.3) is 0 Å². The zero-order chi connectivity index (χ0) is 13.5. The molecule has 0 unspecified atom stereocenters. The Balaban J connectivity index is 2.09. The van der Waals surface area contributed by atoms with Crippen LogP contribution in [-0.4, -0.2) is 47.9 Å². The maximum absolute atomic E-state index is 11.5. The lowest BCUT2D eigenvalue weighted by Gasteiger charge is -2.10. The van der Waals surface area contributed by atoms with Gasteiger partial charge >= 0.3 is 5.97 Å². The number of carboxylic acids is 1. The minimum Gasteiger partial charge on any atom is -0.480 e. The van der Waals surface area contributed by atoms with Crippen LogP contribution in [0.2, 0.25) is 0 Å². The second-order valence-electron chi connectivity index (χ2n) is 4.33. The van der Waals surface area contributed by atoms with E-state index in [2.05, 4.69) is 10.6 Å². The number of hydrogen-bond acceptors (Lipinski definition) is 5. The van der Waals surface area contributed by atoms with Crippen LogP contribution in [0.5, 0.6) is 0 Å². The zero-order valence-electron chi connectivity index (χ0n) is 10.1. The van der Waals surface area contributed by atoms with Crippen molar-refractivity contribution < 1.29 is 19.5 Å². The standard InChI is InChI=1S/C11H19N3O4/c12-7(11(17)18)3-1-2-5-14-10(16)9-8(15)4-6-13-9/h7,9,13H,1-6,12H2,(H,14,16)(H,17,18)/t7-,9+/m0/s1. The fourth-order valence-electron chi connectivity index (χ4n) is 1.76. The summed E-state index contributed by atoms with van der Waals surface area (Å²) in [5.74, 6) is -1.40. The number of carbonyl (C=O) groups excluding carboxylic acids is 2. The molecule has 1 saturated heterocycles. The van der Waals surface area contributed by atoms with E-state index >= 15 is 0 Å². The summed E-state index contributed by atoms with van der Waals surface area (Å²) in [6.07, 6.45) is 2.05. The number of unbranched alkanes of at least 4 members (excludes halogenated alkanes) is 1. The fraction of sp³-hybridized carbons (Fsp3) is 0.727. The van der Waals surface area contributed by atoms with Gasteiger partial charge in [0.05, 0.1) is 0 Å². The molecule has 0 aromatic carbocycles. The van der Waals surface area contributed by atoms with Gasteiger partial charge in [-0.1, -0.05) is 0 Å². The molecule has 0 spiro atoms. The Kier molecular flexibility index (Phi) is 5.73. The van der Waals surface area contributed by atoms with Crippen LogP contribution in [0.1, 0.15) is 25.7 Å². The monoisotopic (exact) mass is 257 g/mol. The second-order valence-corrected chi connectivity index (χ2v) is 4.33. The molecule has 1 rings (SSSR count). The van der Waals surface area contributed by atoms with E-state index in [1.807, 2.05) is 0 Å². The first kappa shape index (κ1) is 14.6. The average molecular weight is 257 g/mol. The fourth-order valence-corrected chi connectivity index (χ4v) is 1.76. The van der Waals surface area contributed by atoms with Crippen molar-refractivity contribution in [2.45, 2.75) is 37.8 Å². The predicted molar refractivity (Wildman–Crippen MR) is 63.9 cm³/mol. The van der Waals surface area contributed by atoms with Crippen LogP contribution in [0.3, 0.4) is 0 Å². The molecule has 0 radical (unpaired) electrons. The molecule has 1 aliphatic rings. The van der Waals surface area contributed by atoms with Crippen LogP contribution in [0.15, 0.2) is 0 Å². The summed E-state index contributed by atoms with van der Waals surface area (Å²) >= 11 is 0. The molecule has 0 aromatic rings. The summed E-state index contributed by atoms with van der Waals surface area (Å²) in [5.41, 5.74) is 5.33. The molecule has 7 nitrogen and oxygen atoms in total. The molecule has 0 aromatic heterocycles. The largest absolute Gasteiger partial charge is 0.480 e. The van der Waals surface area contributed by atoms with Gasteiger partial charge in [-0.15, -0.1) is 0 Å². The number of nitrogens with one attached hydrogen (secondary N) is 2. The number of ketones is 1. The highest BCUT2D eigenvalue weighted by atomic mass is 16.4. The van der Waals surface area contributed by atoms with Crippen molar-refractivity contribution in [2.24, 2.45) is 5.73 Å². The molecule has 0 bridgehead atoms. The van der Waals surface area contributed by atoms with Gasteiger partial charge in [0.1, 0.15) is 12.1 Å². The maximum atomic E-state index is 11.5. The van der Waals surface area contributed by atoms with E-state index in [0.29, 0.717) is 38.8 Å². The lowest BCUT2D eigenvalue weighted by Crippen LogP contribution is -2.44. The molecule has 2 atom stereocenters. The Labute approximate surface area is 105 Å². The van der Waals surface area contributed by atoms with Crippen molar-refractivity contribution in [3.8, 4) is 0 Å². The van der Waals surface area contributed by atoms with Gasteiger partial charge in [-0.2, -0.15) is 0 Å². The molecule has 18 heavy (non-hydrogen) atoms. The third-order valence-corrected chi connectivity index (χ3v) is 2.86. The first-order valence-electron chi connectivity index (χ1n) is 6.04. The lowest BCUT2D eigenvalue weighted by molar-refractivity contribution is -0.138. The molecule has 7 heteroatoms. The summed E-state index contributed by atoms with van der Waals surface area (Å²) in [6.45, 7) is 0.973. The lowest BCUT2D eigenvalue weighted by atomic mass is 10.1. The molecule has 102 valence electrons. The molecule has 1 heterocycles. The van der Waals surface area contributed by atoms with Gasteiger partial charge in [-0.3, -0.25) is 19.7 Å². The Bertz CT molecular complexity index is 332. The molecule has 5 N–H and O–H groups in total. The van der Waals surface area contributed by atoms with Gasteiger partial charge < -0.3 is 16.2 Å². The van der Waals surface area contributed by atoms with Gasteiger partial charge in [0.15, 0.2) is 5.78 Å². The number of aliphatic carboxylic acids is 1. The van der Waals surface area contributed by atoms with Crippen molar-refractivity contribution in [2.75, 3.05) is 13.1 Å². The normalized spacial score (nSPS) is 20.7. The highest BCUT2D eigenvalue weighted by Crippen LogP contribution is 2.01. The molecular weight excluding hydrogens is 238 g/mol. The van der Waals surface area contributed by atoms with Gasteiger partial charge in [0, 0.05) is 19.5 Å². The highest BCUT2D eigenvalue weighted by Gasteiger charge is 2.29. The van der Waals surface area contributed by atoms with Crippen LogP contribution >= 0.6 is 0 Å². The number of hydrogen-bond donors (Lipinski definition) is 4. The summed E-state index contributed by atoms with van der Waals surface area (Å²) in [7, 11) is 0. The first-order chi connectivity index (χ1) is 8.52. The highest BCUT2D eigenvalue weighted by molar-refractivity contribution is 6.06. The maximum Gasteiger partial charge on any atom is 0.320 e. The summed E-state index contributed by atoms with van der Waals surface area (Å²) < 4.78 is 0. The van der Waals surface area contributed by atoms with Crippen LogP contribution in [0.25, 0.3) is 0 Å². The van der Waals surface area contributed by atoms with E-state index in [4.69, 9.17) is 10.8 Å². The number of carboxylic acid groups (broad SMARTS) is 1. The third kappa shape index (κ3) is 4.42. The summed E-state index contributed by atoms with van der Waals surface area (Å²) in [5, 5.41) is 14.0. The van der Waals surface area contributed by atoms with Gasteiger partial charge in [0.2, 0.25) is 5.91 Å². The average Bonchev–Trinajstić information content (AvgIpc) is 2.74. The van der Waals surface area contributed by atoms with E-state index in [9.17, 15) is 14.4 Å². The smallest absolute Gasteiger partial charge is 0.320 e. The van der Waals surface area contributed by atoms with E-state index in [1.54, 1.807) is 0 Å². The van der Waals surface area contributed by atoms with Crippen LogP contribution in [0, 0.1) is 0 Å². The number of carbonyl (C=O) groups is 3. The second kappa shape index (κ2) is 7.07. The molecule has 1 aliphatic heterocycles. The minimum atomic E-state index is -1.01. The third-order valence-electron chi connectivity index (χ3n) is 2.86. The van der Waals surface area contributed by atoms with E-state index < -0.39 is 18.1 Å². The van der Waals surface area contributed by atoms with Crippen LogP contribution in [0.4, 0.5) is 0 Å². The van der Waals surface area contributed by atoms with E-state index in [0.717, 1.165) is 0 Å². The van der Waals surface area contributed by atoms with Crippen LogP contribution in [-0.2, 0) is 14.4 Å². The number of rotatable bonds is 7. The number of Topliss-reactive ketones (excluding diaryl/α,β-unsaturated/α-hetero) is 1. The summed E-state index contributed by atoms with van der Waals surface area (Å²) in [6, 6.07) is -1.56. The Morgan fingerprint density at radius 3 is 2.78 bits per heavy atom. The predicted octanol–water partition coefficient (Wildman–Crippen LogP) is -1.38. The molecular formula is C11H19N3O4. The minimum absolute atomic E-state index is 0.0830. The SMILES string of the molecule is N[C@@H](CCCCNC(=O)[C@@H]1NCCC1=O)C(=O)O. The Morgan fingerprint density at radius 1 is 1.50 bits per heavy atom. The van der Waals surface area contributed by atoms with Crippen molar-refractivity contribution >= 4 is 17.7 Å². The van der Waals surface area contributed by atoms with Crippen molar-refractivity contribution in [1.29, 1.82) is 0 Å². The van der Waals surface area contributed by atoms with Crippen molar-refractivity contribution in [1.82, 2.24) is 10.6 Å². The zero-order valence-corrected chi connectivity index (χ0v) is 10.1. The van der Waals surface area contributed by atoms with E-state index in [-0.39, 0.29) is 11.7 Å². The molecule has 0 aliphatic carbocycles. The topological polar surface area (TPSA) is 122 Å². The Hall–Kier alpha value is -1.47. The van der Waals surface area contributed by atoms with Gasteiger partial charge in [-0.05, 0) is 19.3 Å². The quantitative estimate of drug-likeness (QED) is 0.329. The number of nitrogens with two attached hydrogens (primary N) is 1. The number of amides is 1. The van der Waals surface area contributed by atoms with Crippen molar-refractivity contribution in [3.05, 3.63) is 0 Å². The van der Waals surface area contributed by atoms with Crippen LogP contribution < -0.4 is 16.4 Å². The van der Waals surface area contributed by atoms with E-state index in [1.165, 1.54) is 0 Å². The summed E-state index contributed by atoms with van der Waals surface area (Å²) in [4.78, 5) is 33.3. The first-order valence-corrected chi connectivity index (χ1v) is 6.04. The van der Waals surface area contributed by atoms with Gasteiger partial charge in [-0.25, -0.2) is 0 Å². The molecule has 1 amide bonds. The molecule has 0 saturated carbocycles. The molecule has 1 fully saturated rings.